The van der Waals surface area contributed by atoms with Gasteiger partial charge >= 0.3 is 0 Å². The van der Waals surface area contributed by atoms with E-state index in [0.717, 1.165) is 64.7 Å². The largest absolute Gasteiger partial charge is 0.393 e. The van der Waals surface area contributed by atoms with Crippen molar-refractivity contribution in [1.29, 1.82) is 0 Å². The van der Waals surface area contributed by atoms with Crippen molar-refractivity contribution in [3.8, 4) is 0 Å². The number of hydrogen-bond donors (Lipinski definition) is 2. The Hall–Kier alpha value is -1.22. The normalized spacial score (nSPS) is 31.9. The summed E-state index contributed by atoms with van der Waals surface area (Å²) in [5, 5.41) is 12.6. The highest BCUT2D eigenvalue weighted by molar-refractivity contribution is 5.83. The third-order valence-corrected chi connectivity index (χ3v) is 6.82. The fourth-order valence-corrected chi connectivity index (χ4v) is 5.11. The summed E-state index contributed by atoms with van der Waals surface area (Å²) in [5.74, 6) is 0.458. The van der Waals surface area contributed by atoms with Gasteiger partial charge in [-0.05, 0) is 65.6 Å². The molecule has 2 heterocycles. The average Bonchev–Trinajstić information content (AvgIpc) is 3.01. The molecule has 166 valence electrons. The zero-order valence-electron chi connectivity index (χ0n) is 18.3. The van der Waals surface area contributed by atoms with Crippen LogP contribution < -0.4 is 5.32 Å². The summed E-state index contributed by atoms with van der Waals surface area (Å²) in [7, 11) is 4.13. The number of amides is 2. The van der Waals surface area contributed by atoms with Gasteiger partial charge in [-0.3, -0.25) is 24.3 Å². The molecule has 0 bridgehead atoms. The summed E-state index contributed by atoms with van der Waals surface area (Å²) in [6, 6.07) is -0.0676. The molecule has 2 aliphatic heterocycles. The van der Waals surface area contributed by atoms with Crippen molar-refractivity contribution in [2.24, 2.45) is 5.92 Å². The standard InChI is InChI=1S/C21H39N5O3/c1-4-25-15-26(21(29)18-20(25)24(3)14-23(18)2)13-7-5-6-12-22-19(28)16-8-10-17(27)11-9-16/h16-18,20,27H,4-15H2,1-3H3,(H,22,28). The lowest BCUT2D eigenvalue weighted by molar-refractivity contribution is -0.149. The van der Waals surface area contributed by atoms with E-state index >= 15 is 0 Å². The van der Waals surface area contributed by atoms with E-state index in [4.69, 9.17) is 0 Å². The molecule has 0 spiro atoms. The molecule has 2 amide bonds. The topological polar surface area (TPSA) is 79.4 Å². The molecule has 2 N–H and O–H groups in total. The highest BCUT2D eigenvalue weighted by Gasteiger charge is 2.48. The highest BCUT2D eigenvalue weighted by atomic mass is 16.3. The maximum Gasteiger partial charge on any atom is 0.244 e. The fourth-order valence-electron chi connectivity index (χ4n) is 5.11. The Labute approximate surface area is 175 Å². The van der Waals surface area contributed by atoms with E-state index in [9.17, 15) is 14.7 Å². The van der Waals surface area contributed by atoms with Crippen LogP contribution in [0.15, 0.2) is 0 Å². The molecule has 0 aromatic heterocycles. The lowest BCUT2D eigenvalue weighted by Gasteiger charge is -2.44. The second-order valence-electron chi connectivity index (χ2n) is 9.02. The van der Waals surface area contributed by atoms with Gasteiger partial charge in [-0.2, -0.15) is 0 Å². The van der Waals surface area contributed by atoms with E-state index in [1.54, 1.807) is 0 Å². The van der Waals surface area contributed by atoms with Crippen molar-refractivity contribution in [2.75, 3.05) is 47.1 Å². The zero-order valence-corrected chi connectivity index (χ0v) is 18.3. The maximum absolute atomic E-state index is 13.0. The first-order valence-electron chi connectivity index (χ1n) is 11.3. The SMILES string of the molecule is CCN1CN(CCCCCNC(=O)C2CCC(O)CC2)C(=O)C2C1N(C)CN2C. The predicted octanol–water partition coefficient (Wildman–Crippen LogP) is 0.475. The minimum absolute atomic E-state index is 0.0676. The first-order valence-corrected chi connectivity index (χ1v) is 11.3. The number of carbonyl (C=O) groups excluding carboxylic acids is 2. The smallest absolute Gasteiger partial charge is 0.244 e. The number of fused-ring (bicyclic) bond motifs is 1. The molecule has 2 atom stereocenters. The number of likely N-dealkylation sites (N-methyl/N-ethyl adjacent to an activating group) is 3. The van der Waals surface area contributed by atoms with Crippen molar-refractivity contribution in [3.63, 3.8) is 0 Å². The van der Waals surface area contributed by atoms with Crippen LogP contribution in [0.5, 0.6) is 0 Å². The van der Waals surface area contributed by atoms with Crippen molar-refractivity contribution in [1.82, 2.24) is 24.9 Å². The van der Waals surface area contributed by atoms with Crippen LogP contribution in [0.25, 0.3) is 0 Å². The molecule has 0 radical (unpaired) electrons. The van der Waals surface area contributed by atoms with Gasteiger partial charge in [0.2, 0.25) is 11.8 Å². The van der Waals surface area contributed by atoms with Crippen LogP contribution in [0.1, 0.15) is 51.9 Å². The third kappa shape index (κ3) is 5.29. The van der Waals surface area contributed by atoms with Crippen LogP contribution in [-0.2, 0) is 9.59 Å². The Morgan fingerprint density at radius 3 is 2.48 bits per heavy atom. The molecule has 1 aliphatic carbocycles. The van der Waals surface area contributed by atoms with Crippen LogP contribution in [-0.4, -0.2) is 102 Å². The number of unbranched alkanes of at least 4 members (excludes halogenated alkanes) is 2. The van der Waals surface area contributed by atoms with Gasteiger partial charge in [0.15, 0.2) is 0 Å². The van der Waals surface area contributed by atoms with Crippen LogP contribution in [0.2, 0.25) is 0 Å². The van der Waals surface area contributed by atoms with E-state index in [2.05, 4.69) is 34.0 Å². The van der Waals surface area contributed by atoms with Gasteiger partial charge in [-0.25, -0.2) is 0 Å². The fraction of sp³-hybridized carbons (Fsp3) is 0.905. The van der Waals surface area contributed by atoms with Gasteiger partial charge in [0.1, 0.15) is 6.04 Å². The number of aliphatic hydroxyl groups excluding tert-OH is 1. The maximum atomic E-state index is 13.0. The Kier molecular flexibility index (Phi) is 7.90. The van der Waals surface area contributed by atoms with Crippen molar-refractivity contribution >= 4 is 11.8 Å². The molecule has 2 saturated heterocycles. The van der Waals surface area contributed by atoms with Crippen molar-refractivity contribution < 1.29 is 14.7 Å². The summed E-state index contributed by atoms with van der Waals surface area (Å²) in [6.45, 7) is 6.11. The zero-order chi connectivity index (χ0) is 21.0. The van der Waals surface area contributed by atoms with Crippen LogP contribution in [0.4, 0.5) is 0 Å². The Bertz CT molecular complexity index is 567. The predicted molar refractivity (Wildman–Crippen MR) is 112 cm³/mol. The van der Waals surface area contributed by atoms with Gasteiger partial charge in [-0.1, -0.05) is 6.92 Å². The molecular weight excluding hydrogens is 370 g/mol. The molecule has 3 aliphatic rings. The number of nitrogens with one attached hydrogen (secondary N) is 1. The highest BCUT2D eigenvalue weighted by Crippen LogP contribution is 2.27. The Morgan fingerprint density at radius 1 is 1.07 bits per heavy atom. The monoisotopic (exact) mass is 409 g/mol. The summed E-state index contributed by atoms with van der Waals surface area (Å²) in [4.78, 5) is 34.0. The van der Waals surface area contributed by atoms with Gasteiger partial charge in [0.05, 0.1) is 25.6 Å². The van der Waals surface area contributed by atoms with Gasteiger partial charge in [-0.15, -0.1) is 0 Å². The molecule has 0 aromatic rings. The average molecular weight is 410 g/mol. The number of rotatable bonds is 8. The second kappa shape index (κ2) is 10.2. The summed E-state index contributed by atoms with van der Waals surface area (Å²) >= 11 is 0. The minimum atomic E-state index is -0.222. The number of aliphatic hydroxyl groups is 1. The Balaban J connectivity index is 1.35. The lowest BCUT2D eigenvalue weighted by atomic mass is 9.87. The first-order chi connectivity index (χ1) is 13.9. The Morgan fingerprint density at radius 2 is 1.79 bits per heavy atom. The summed E-state index contributed by atoms with van der Waals surface area (Å²) in [5.41, 5.74) is 0. The second-order valence-corrected chi connectivity index (χ2v) is 9.02. The molecule has 8 heteroatoms. The molecule has 3 fully saturated rings. The van der Waals surface area contributed by atoms with Crippen LogP contribution >= 0.6 is 0 Å². The quantitative estimate of drug-likeness (QED) is 0.568. The lowest BCUT2D eigenvalue weighted by Crippen LogP contribution is -2.64. The van der Waals surface area contributed by atoms with E-state index in [1.807, 2.05) is 11.9 Å². The van der Waals surface area contributed by atoms with Gasteiger partial charge < -0.3 is 15.3 Å². The number of carbonyl (C=O) groups is 2. The van der Waals surface area contributed by atoms with Crippen molar-refractivity contribution in [3.05, 3.63) is 0 Å². The van der Waals surface area contributed by atoms with E-state index in [0.29, 0.717) is 13.2 Å². The van der Waals surface area contributed by atoms with E-state index in [1.165, 1.54) is 0 Å². The molecule has 3 rings (SSSR count). The van der Waals surface area contributed by atoms with Crippen molar-refractivity contribution in [2.45, 2.75) is 70.2 Å². The van der Waals surface area contributed by atoms with Gasteiger partial charge in [0, 0.05) is 19.0 Å². The molecule has 2 unspecified atom stereocenters. The molecule has 29 heavy (non-hydrogen) atoms. The minimum Gasteiger partial charge on any atom is -0.393 e. The van der Waals surface area contributed by atoms with E-state index < -0.39 is 0 Å². The molecule has 1 saturated carbocycles. The van der Waals surface area contributed by atoms with Crippen LogP contribution in [0, 0.1) is 5.92 Å². The molecule has 8 nitrogen and oxygen atoms in total. The molecular formula is C21H39N5O3. The number of nitrogens with zero attached hydrogens (tertiary/aromatic N) is 4. The van der Waals surface area contributed by atoms with E-state index in [-0.39, 0.29) is 36.0 Å². The van der Waals surface area contributed by atoms with Crippen LogP contribution in [0.3, 0.4) is 0 Å². The number of hydrogen-bond acceptors (Lipinski definition) is 6. The third-order valence-electron chi connectivity index (χ3n) is 6.82. The van der Waals surface area contributed by atoms with Gasteiger partial charge in [0.25, 0.3) is 0 Å². The molecule has 0 aromatic carbocycles. The first kappa shape index (κ1) is 22.5. The summed E-state index contributed by atoms with van der Waals surface area (Å²) in [6.07, 6.45) is 5.94. The summed E-state index contributed by atoms with van der Waals surface area (Å²) < 4.78 is 0.